The average molecular weight is 351 g/mol. The zero-order valence-corrected chi connectivity index (χ0v) is 14.1. The highest BCUT2D eigenvalue weighted by atomic mass is 16.5. The van der Waals surface area contributed by atoms with Gasteiger partial charge >= 0.3 is 6.03 Å². The molecule has 26 heavy (non-hydrogen) atoms. The Kier molecular flexibility index (Phi) is 4.00. The summed E-state index contributed by atoms with van der Waals surface area (Å²) >= 11 is 0. The van der Waals surface area contributed by atoms with Crippen LogP contribution in [-0.4, -0.2) is 28.1 Å². The summed E-state index contributed by atoms with van der Waals surface area (Å²) in [4.78, 5) is 28.4. The van der Waals surface area contributed by atoms with Crippen molar-refractivity contribution in [3.05, 3.63) is 47.8 Å². The fraction of sp³-hybridized carbons (Fsp3) is 0.222. The number of fused-ring (bicyclic) bond motifs is 1. The average Bonchev–Trinajstić information content (AvgIpc) is 3.36. The molecule has 1 aliphatic rings. The lowest BCUT2D eigenvalue weighted by molar-refractivity contribution is 0.102. The molecular formula is C18H17N5O3. The summed E-state index contributed by atoms with van der Waals surface area (Å²) in [5.41, 5.74) is 2.64. The third kappa shape index (κ3) is 3.49. The van der Waals surface area contributed by atoms with E-state index in [2.05, 4.69) is 26.1 Å². The Morgan fingerprint density at radius 2 is 1.92 bits per heavy atom. The maximum Gasteiger partial charge on any atom is 0.319 e. The minimum atomic E-state index is -0.306. The highest BCUT2D eigenvalue weighted by Gasteiger charge is 2.23. The Labute approximate surface area is 149 Å². The van der Waals surface area contributed by atoms with Gasteiger partial charge in [0, 0.05) is 23.6 Å². The molecule has 3 amide bonds. The van der Waals surface area contributed by atoms with Gasteiger partial charge in [0.25, 0.3) is 11.6 Å². The third-order valence-electron chi connectivity index (χ3n) is 4.06. The number of hydrogen-bond acceptors (Lipinski definition) is 5. The van der Waals surface area contributed by atoms with Crippen LogP contribution in [0.2, 0.25) is 0 Å². The van der Waals surface area contributed by atoms with Gasteiger partial charge in [0.05, 0.1) is 16.6 Å². The van der Waals surface area contributed by atoms with Crippen LogP contribution in [0, 0.1) is 6.92 Å². The molecule has 132 valence electrons. The second kappa shape index (κ2) is 6.47. The molecule has 8 heteroatoms. The van der Waals surface area contributed by atoms with Gasteiger partial charge in [-0.1, -0.05) is 11.2 Å². The number of carbonyl (C=O) groups excluding carboxylic acids is 2. The number of amides is 3. The number of aromatic nitrogens is 2. The number of nitrogens with zero attached hydrogens (tertiary/aromatic N) is 2. The molecule has 0 radical (unpaired) electrons. The lowest BCUT2D eigenvalue weighted by atomic mass is 10.2. The number of nitrogens with one attached hydrogen (secondary N) is 3. The van der Waals surface area contributed by atoms with Crippen molar-refractivity contribution in [1.82, 2.24) is 15.5 Å². The normalized spacial score (nSPS) is 13.4. The number of urea groups is 1. The van der Waals surface area contributed by atoms with Gasteiger partial charge in [-0.05, 0) is 44.0 Å². The highest BCUT2D eigenvalue weighted by Crippen LogP contribution is 2.21. The monoisotopic (exact) mass is 351 g/mol. The van der Waals surface area contributed by atoms with Crippen LogP contribution < -0.4 is 16.0 Å². The largest absolute Gasteiger partial charge is 0.336 e. The number of pyridine rings is 1. The molecule has 0 aliphatic heterocycles. The number of hydrogen-bond donors (Lipinski definition) is 3. The van der Waals surface area contributed by atoms with Crippen molar-refractivity contribution in [3.8, 4) is 0 Å². The molecule has 1 aromatic carbocycles. The van der Waals surface area contributed by atoms with Crippen LogP contribution in [0.4, 0.5) is 16.2 Å². The minimum Gasteiger partial charge on any atom is -0.336 e. The van der Waals surface area contributed by atoms with Crippen LogP contribution in [0.1, 0.15) is 28.9 Å². The molecule has 1 aliphatic carbocycles. The van der Waals surface area contributed by atoms with E-state index in [4.69, 9.17) is 4.52 Å². The van der Waals surface area contributed by atoms with Crippen LogP contribution >= 0.6 is 0 Å². The first-order valence-electron chi connectivity index (χ1n) is 8.29. The van der Waals surface area contributed by atoms with Crippen LogP contribution in [0.5, 0.6) is 0 Å². The summed E-state index contributed by atoms with van der Waals surface area (Å²) < 4.78 is 5.05. The van der Waals surface area contributed by atoms with Crippen molar-refractivity contribution >= 4 is 34.4 Å². The quantitative estimate of drug-likeness (QED) is 0.669. The Morgan fingerprint density at radius 3 is 2.69 bits per heavy atom. The fourth-order valence-corrected chi connectivity index (χ4v) is 2.53. The number of anilines is 2. The number of rotatable bonds is 4. The summed E-state index contributed by atoms with van der Waals surface area (Å²) in [5, 5.41) is 12.9. The maximum atomic E-state index is 12.5. The van der Waals surface area contributed by atoms with E-state index in [0.717, 1.165) is 12.8 Å². The third-order valence-corrected chi connectivity index (χ3v) is 4.06. The van der Waals surface area contributed by atoms with E-state index >= 15 is 0 Å². The van der Waals surface area contributed by atoms with Gasteiger partial charge in [0.15, 0.2) is 0 Å². The standard InChI is InChI=1S/C18H17N5O3/c1-10-15-7-11(9-19-17(15)26-23-10)16(24)20-13-3-2-4-14(8-13)22-18(25)21-12-5-6-12/h2-4,7-9,12H,5-6H2,1H3,(H,20,24)(H2,21,22,25). The van der Waals surface area contributed by atoms with E-state index in [1.165, 1.54) is 6.20 Å². The lowest BCUT2D eigenvalue weighted by Crippen LogP contribution is -2.30. The molecule has 2 aromatic heterocycles. The topological polar surface area (TPSA) is 109 Å². The molecule has 0 unspecified atom stereocenters. The zero-order chi connectivity index (χ0) is 18.1. The Morgan fingerprint density at radius 1 is 1.15 bits per heavy atom. The Balaban J connectivity index is 1.46. The molecular weight excluding hydrogens is 334 g/mol. The highest BCUT2D eigenvalue weighted by molar-refractivity contribution is 6.06. The van der Waals surface area contributed by atoms with E-state index in [1.54, 1.807) is 37.3 Å². The van der Waals surface area contributed by atoms with Crippen molar-refractivity contribution in [2.75, 3.05) is 10.6 Å². The first-order chi connectivity index (χ1) is 12.6. The SMILES string of the molecule is Cc1noc2ncc(C(=O)Nc3cccc(NC(=O)NC4CC4)c3)cc12. The molecule has 8 nitrogen and oxygen atoms in total. The van der Waals surface area contributed by atoms with Gasteiger partial charge in [-0.2, -0.15) is 0 Å². The van der Waals surface area contributed by atoms with Gasteiger partial charge < -0.3 is 20.5 Å². The van der Waals surface area contributed by atoms with Gasteiger partial charge in [-0.3, -0.25) is 4.79 Å². The summed E-state index contributed by atoms with van der Waals surface area (Å²) in [7, 11) is 0. The number of aryl methyl sites for hydroxylation is 1. The maximum absolute atomic E-state index is 12.5. The van der Waals surface area contributed by atoms with E-state index in [0.29, 0.717) is 33.7 Å². The summed E-state index contributed by atoms with van der Waals surface area (Å²) in [6.07, 6.45) is 3.48. The first kappa shape index (κ1) is 16.1. The van der Waals surface area contributed by atoms with Gasteiger partial charge in [0.2, 0.25) is 0 Å². The Hall–Kier alpha value is -3.42. The fourth-order valence-electron chi connectivity index (χ4n) is 2.53. The van der Waals surface area contributed by atoms with Crippen molar-refractivity contribution in [1.29, 1.82) is 0 Å². The van der Waals surface area contributed by atoms with E-state index < -0.39 is 0 Å². The summed E-state index contributed by atoms with van der Waals surface area (Å²) in [6, 6.07) is 8.69. The molecule has 2 heterocycles. The second-order valence-electron chi connectivity index (χ2n) is 6.25. The van der Waals surface area contributed by atoms with E-state index in [9.17, 15) is 9.59 Å². The molecule has 0 saturated heterocycles. The summed E-state index contributed by atoms with van der Waals surface area (Å²) in [5.74, 6) is -0.306. The lowest BCUT2D eigenvalue weighted by Gasteiger charge is -2.09. The van der Waals surface area contributed by atoms with Gasteiger partial charge in [-0.15, -0.1) is 0 Å². The van der Waals surface area contributed by atoms with Crippen molar-refractivity contribution < 1.29 is 14.1 Å². The molecule has 4 rings (SSSR count). The number of benzene rings is 1. The van der Waals surface area contributed by atoms with Crippen LogP contribution in [0.15, 0.2) is 41.1 Å². The van der Waals surface area contributed by atoms with Crippen LogP contribution in [-0.2, 0) is 0 Å². The number of carbonyl (C=O) groups is 2. The van der Waals surface area contributed by atoms with Crippen molar-refractivity contribution in [3.63, 3.8) is 0 Å². The summed E-state index contributed by atoms with van der Waals surface area (Å²) in [6.45, 7) is 1.79. The first-order valence-corrected chi connectivity index (χ1v) is 8.29. The molecule has 3 aromatic rings. The van der Waals surface area contributed by atoms with Crippen molar-refractivity contribution in [2.45, 2.75) is 25.8 Å². The predicted molar refractivity (Wildman–Crippen MR) is 96.1 cm³/mol. The molecule has 0 bridgehead atoms. The van der Waals surface area contributed by atoms with Crippen LogP contribution in [0.3, 0.4) is 0 Å². The Bertz CT molecular complexity index is 993. The molecule has 3 N–H and O–H groups in total. The van der Waals surface area contributed by atoms with Crippen molar-refractivity contribution in [2.24, 2.45) is 0 Å². The molecule has 0 spiro atoms. The smallest absolute Gasteiger partial charge is 0.319 e. The predicted octanol–water partition coefficient (Wildman–Crippen LogP) is 3.07. The van der Waals surface area contributed by atoms with Crippen LogP contribution in [0.25, 0.3) is 11.1 Å². The zero-order valence-electron chi connectivity index (χ0n) is 14.1. The van der Waals surface area contributed by atoms with E-state index in [1.807, 2.05) is 0 Å². The van der Waals surface area contributed by atoms with Gasteiger partial charge in [0.1, 0.15) is 0 Å². The molecule has 1 saturated carbocycles. The molecule has 1 fully saturated rings. The van der Waals surface area contributed by atoms with Gasteiger partial charge in [-0.25, -0.2) is 9.78 Å². The van der Waals surface area contributed by atoms with E-state index in [-0.39, 0.29) is 18.0 Å². The second-order valence-corrected chi connectivity index (χ2v) is 6.25. The molecule has 0 atom stereocenters. The minimum absolute atomic E-state index is 0.242.